The minimum Gasteiger partial charge on any atom is -0.389 e. The van der Waals surface area contributed by atoms with Crippen molar-refractivity contribution >= 4 is 0 Å². The largest absolute Gasteiger partial charge is 0.389 e. The van der Waals surface area contributed by atoms with E-state index < -0.39 is 46.4 Å². The van der Waals surface area contributed by atoms with Crippen molar-refractivity contribution in [3.8, 4) is 0 Å². The number of ether oxygens (including phenoxy) is 4. The molecule has 6 fully saturated rings. The number of fused-ring (bicyclic) bond motifs is 5. The average Bonchev–Trinajstić information content (AvgIpc) is 3.48. The smallest absolute Gasteiger partial charge is 0.195 e. The first-order valence-corrected chi connectivity index (χ1v) is 12.7. The van der Waals surface area contributed by atoms with Crippen LogP contribution in [-0.4, -0.2) is 59.4 Å². The molecule has 6 nitrogen and oxygen atoms in total. The van der Waals surface area contributed by atoms with Crippen molar-refractivity contribution in [1.29, 1.82) is 0 Å². The molecule has 2 saturated heterocycles. The molecule has 182 valence electrons. The van der Waals surface area contributed by atoms with Gasteiger partial charge in [-0.05, 0) is 69.1 Å². The van der Waals surface area contributed by atoms with Gasteiger partial charge in [0.25, 0.3) is 0 Å². The fourth-order valence-corrected chi connectivity index (χ4v) is 9.53. The van der Waals surface area contributed by atoms with Gasteiger partial charge in [0.1, 0.15) is 5.60 Å². The van der Waals surface area contributed by atoms with E-state index >= 15 is 0 Å². The highest BCUT2D eigenvalue weighted by Gasteiger charge is 2.73. The number of hydrogen-bond acceptors (Lipinski definition) is 6. The Hall–Kier alpha value is -0.240. The Morgan fingerprint density at radius 1 is 0.781 bits per heavy atom. The van der Waals surface area contributed by atoms with Crippen LogP contribution in [0.25, 0.3) is 0 Å². The zero-order valence-electron chi connectivity index (χ0n) is 22.8. The molecular formula is C26H42O6. The summed E-state index contributed by atoms with van der Waals surface area (Å²) in [5.74, 6) is -2.33. The van der Waals surface area contributed by atoms with Crippen LogP contribution >= 0.6 is 0 Å². The summed E-state index contributed by atoms with van der Waals surface area (Å²) in [6.07, 6.45) is 5.04. The number of rotatable bonds is 1. The summed E-state index contributed by atoms with van der Waals surface area (Å²) in [6.45, 7) is 5.78. The maximum absolute atomic E-state index is 12.4. The van der Waals surface area contributed by atoms with Crippen LogP contribution in [0.5, 0.6) is 0 Å². The Morgan fingerprint density at radius 2 is 1.41 bits per heavy atom. The standard InChI is InChI=1S/C26H42O6/c1-17-15-18-19(21(2)9-10-24(16-25(17,21)27)31-13-14-32-24)5-7-22(3)20(18)6-8-26(22,28)23(4)29-11-12-30-23/h17-20,27-28H,5-16H2,1-4H3/t17-,18-,19+,20+,21-,22+,25-,26-/m1/s1/i1D3. The molecule has 0 aromatic carbocycles. The van der Waals surface area contributed by atoms with Crippen molar-refractivity contribution < 1.29 is 33.3 Å². The van der Waals surface area contributed by atoms with Gasteiger partial charge in [-0.15, -0.1) is 0 Å². The molecule has 2 aliphatic heterocycles. The third-order valence-electron chi connectivity index (χ3n) is 11.4. The second-order valence-corrected chi connectivity index (χ2v) is 12.3. The van der Waals surface area contributed by atoms with Crippen LogP contribution in [0.4, 0.5) is 0 Å². The molecule has 0 aromatic rings. The molecule has 4 saturated carbocycles. The molecule has 0 unspecified atom stereocenters. The Kier molecular flexibility index (Phi) is 3.98. The Bertz CT molecular complexity index is 870. The molecular weight excluding hydrogens is 408 g/mol. The topological polar surface area (TPSA) is 77.4 Å². The zero-order chi connectivity index (χ0) is 25.1. The van der Waals surface area contributed by atoms with Gasteiger partial charge >= 0.3 is 0 Å². The summed E-state index contributed by atoms with van der Waals surface area (Å²) >= 11 is 0. The summed E-state index contributed by atoms with van der Waals surface area (Å²) in [7, 11) is 0. The van der Waals surface area contributed by atoms with Crippen molar-refractivity contribution in [3.05, 3.63) is 0 Å². The highest BCUT2D eigenvalue weighted by molar-refractivity contribution is 5.21. The monoisotopic (exact) mass is 453 g/mol. The van der Waals surface area contributed by atoms with Gasteiger partial charge in [0.15, 0.2) is 11.6 Å². The van der Waals surface area contributed by atoms with Crippen molar-refractivity contribution in [1.82, 2.24) is 0 Å². The van der Waals surface area contributed by atoms with Gasteiger partial charge in [0.05, 0.1) is 32.0 Å². The quantitative estimate of drug-likeness (QED) is 0.631. The lowest BCUT2D eigenvalue weighted by molar-refractivity contribution is -0.318. The first kappa shape index (κ1) is 19.0. The lowest BCUT2D eigenvalue weighted by Gasteiger charge is -2.67. The van der Waals surface area contributed by atoms with Crippen LogP contribution in [0.15, 0.2) is 0 Å². The van der Waals surface area contributed by atoms with Gasteiger partial charge in [-0.3, -0.25) is 0 Å². The zero-order valence-corrected chi connectivity index (χ0v) is 19.8. The maximum Gasteiger partial charge on any atom is 0.195 e. The second-order valence-electron chi connectivity index (χ2n) is 12.3. The van der Waals surface area contributed by atoms with Crippen molar-refractivity contribution in [2.24, 2.45) is 34.5 Å². The molecule has 2 N–H and O–H groups in total. The predicted octanol–water partition coefficient (Wildman–Crippen LogP) is 3.63. The molecule has 32 heavy (non-hydrogen) atoms. The van der Waals surface area contributed by atoms with Gasteiger partial charge in [0, 0.05) is 27.8 Å². The second kappa shape index (κ2) is 6.70. The van der Waals surface area contributed by atoms with Crippen LogP contribution in [0, 0.1) is 34.5 Å². The Morgan fingerprint density at radius 3 is 2.09 bits per heavy atom. The third-order valence-corrected chi connectivity index (χ3v) is 11.4. The summed E-state index contributed by atoms with van der Waals surface area (Å²) in [5.41, 5.74) is -3.51. The summed E-state index contributed by atoms with van der Waals surface area (Å²) < 4.78 is 49.5. The average molecular weight is 454 g/mol. The van der Waals surface area contributed by atoms with Crippen LogP contribution < -0.4 is 0 Å². The maximum atomic E-state index is 12.4. The first-order chi connectivity index (χ1) is 16.2. The van der Waals surface area contributed by atoms with Crippen molar-refractivity contribution in [2.45, 2.75) is 102 Å². The van der Waals surface area contributed by atoms with Crippen molar-refractivity contribution in [3.63, 3.8) is 0 Å². The highest BCUT2D eigenvalue weighted by Crippen LogP contribution is 2.72. The Labute approximate surface area is 196 Å². The van der Waals surface area contributed by atoms with Gasteiger partial charge in [-0.2, -0.15) is 0 Å². The van der Waals surface area contributed by atoms with E-state index in [4.69, 9.17) is 23.1 Å². The van der Waals surface area contributed by atoms with E-state index in [0.29, 0.717) is 52.1 Å². The SMILES string of the molecule is [2H]C([2H])([2H])[C@@H]1C[C@H]2[C@@H]3CC[C@](O)(C4(C)OCCO4)[C@@]3(C)CC[C@@H]2[C@@]2(C)CCC3(C[C@@]12O)OCCO3. The summed E-state index contributed by atoms with van der Waals surface area (Å²) in [5, 5.41) is 24.6. The van der Waals surface area contributed by atoms with Gasteiger partial charge in [-0.25, -0.2) is 0 Å². The molecule has 8 atom stereocenters. The van der Waals surface area contributed by atoms with Crippen molar-refractivity contribution in [2.75, 3.05) is 26.4 Å². The third kappa shape index (κ3) is 2.47. The van der Waals surface area contributed by atoms with Crippen LogP contribution in [-0.2, 0) is 18.9 Å². The summed E-state index contributed by atoms with van der Waals surface area (Å²) in [6, 6.07) is 0. The normalized spacial score (nSPS) is 57.8. The molecule has 0 aromatic heterocycles. The van der Waals surface area contributed by atoms with Gasteiger partial charge in [0.2, 0.25) is 0 Å². The van der Waals surface area contributed by atoms with E-state index in [2.05, 4.69) is 13.8 Å². The molecule has 0 amide bonds. The van der Waals surface area contributed by atoms with E-state index in [1.807, 2.05) is 6.92 Å². The lowest BCUT2D eigenvalue weighted by Crippen LogP contribution is -2.69. The van der Waals surface area contributed by atoms with E-state index in [0.717, 1.165) is 19.3 Å². The minimum absolute atomic E-state index is 0.114. The van der Waals surface area contributed by atoms with Gasteiger partial charge < -0.3 is 29.2 Å². The highest BCUT2D eigenvalue weighted by atomic mass is 16.8. The molecule has 4 aliphatic carbocycles. The van der Waals surface area contributed by atoms with E-state index in [-0.39, 0.29) is 24.2 Å². The van der Waals surface area contributed by atoms with E-state index in [9.17, 15) is 10.2 Å². The van der Waals surface area contributed by atoms with Crippen LogP contribution in [0.2, 0.25) is 0 Å². The van der Waals surface area contributed by atoms with E-state index in [1.54, 1.807) is 0 Å². The fourth-order valence-electron chi connectivity index (χ4n) is 9.53. The lowest BCUT2D eigenvalue weighted by atomic mass is 9.40. The van der Waals surface area contributed by atoms with Gasteiger partial charge in [-0.1, -0.05) is 20.7 Å². The molecule has 0 radical (unpaired) electrons. The summed E-state index contributed by atoms with van der Waals surface area (Å²) in [4.78, 5) is 0. The number of hydrogen-bond donors (Lipinski definition) is 2. The number of aliphatic hydroxyl groups is 2. The fraction of sp³-hybridized carbons (Fsp3) is 1.00. The molecule has 6 rings (SSSR count). The molecule has 6 heteroatoms. The Balaban J connectivity index is 1.39. The molecule has 6 aliphatic rings. The molecule has 1 spiro atoms. The minimum atomic E-state index is -2.30. The molecule has 0 bridgehead atoms. The van der Waals surface area contributed by atoms with Crippen LogP contribution in [0.3, 0.4) is 0 Å². The predicted molar refractivity (Wildman–Crippen MR) is 118 cm³/mol. The van der Waals surface area contributed by atoms with Crippen LogP contribution in [0.1, 0.15) is 83.1 Å². The molecule has 2 heterocycles. The van der Waals surface area contributed by atoms with E-state index in [1.165, 1.54) is 0 Å². The first-order valence-electron chi connectivity index (χ1n) is 14.2.